The quantitative estimate of drug-likeness (QED) is 0.147. The molecule has 1 amide bonds. The summed E-state index contributed by atoms with van der Waals surface area (Å²) < 4.78 is 27.1. The van der Waals surface area contributed by atoms with E-state index in [9.17, 15) is 45.6 Å². The fourth-order valence-electron chi connectivity index (χ4n) is 4.31. The second-order valence-electron chi connectivity index (χ2n) is 8.97. The lowest BCUT2D eigenvalue weighted by molar-refractivity contribution is -0.292. The average Bonchev–Trinajstić information content (AvgIpc) is 3.07. The Morgan fingerprint density at radius 1 is 0.771 bits per heavy atom. The fourth-order valence-corrected chi connectivity index (χ4v) is 4.31. The highest BCUT2D eigenvalue weighted by Gasteiger charge is 2.49. The van der Waals surface area contributed by atoms with Gasteiger partial charge in [0.1, 0.15) is 67.1 Å². The van der Waals surface area contributed by atoms with Crippen molar-refractivity contribution in [3.63, 3.8) is 0 Å². The summed E-state index contributed by atoms with van der Waals surface area (Å²) in [5, 5.41) is 82.9. The van der Waals surface area contributed by atoms with Crippen LogP contribution in [0.2, 0.25) is 0 Å². The molecule has 3 aliphatic rings. The Bertz CT molecular complexity index is 701. The minimum Gasteiger partial charge on any atom is -0.394 e. The number of ether oxygens (including phenoxy) is 5. The molecular formula is C20H35NO14. The van der Waals surface area contributed by atoms with Gasteiger partial charge in [-0.3, -0.25) is 4.79 Å². The number of aliphatic hydroxyl groups excluding tert-OH is 8. The highest BCUT2D eigenvalue weighted by molar-refractivity contribution is 5.73. The van der Waals surface area contributed by atoms with E-state index >= 15 is 0 Å². The fraction of sp³-hybridized carbons (Fsp3) is 0.950. The Morgan fingerprint density at radius 2 is 1.34 bits per heavy atom. The molecule has 0 aromatic rings. The maximum atomic E-state index is 11.5. The summed E-state index contributed by atoms with van der Waals surface area (Å²) in [5.74, 6) is -0.540. The van der Waals surface area contributed by atoms with Gasteiger partial charge in [0.05, 0.1) is 25.9 Å². The average molecular weight is 513 g/mol. The molecule has 15 nitrogen and oxygen atoms in total. The van der Waals surface area contributed by atoms with Crippen LogP contribution in [0.25, 0.3) is 0 Å². The Labute approximate surface area is 200 Å². The van der Waals surface area contributed by atoms with Gasteiger partial charge < -0.3 is 69.9 Å². The van der Waals surface area contributed by atoms with E-state index in [2.05, 4.69) is 5.32 Å². The SMILES string of the molecule is CC(=O)N[C@@H]1[C@H](OC[C@H]2O[C@H](CO[C@H]3C(O)O[C@@H](C)[C@H](O)[C@H]3O)[C@H](O)[C@@H]2O)O[C@H](CO)[C@@H](O)[C@@H]1O. The maximum Gasteiger partial charge on any atom is 0.217 e. The van der Waals surface area contributed by atoms with Gasteiger partial charge in [-0.25, -0.2) is 0 Å². The molecule has 15 heteroatoms. The molecule has 0 aromatic heterocycles. The van der Waals surface area contributed by atoms with Crippen LogP contribution in [-0.4, -0.2) is 152 Å². The number of carbonyl (C=O) groups is 1. The summed E-state index contributed by atoms with van der Waals surface area (Å²) in [6.45, 7) is 1.24. The minimum atomic E-state index is -1.54. The molecule has 0 spiro atoms. The molecule has 204 valence electrons. The van der Waals surface area contributed by atoms with Crippen molar-refractivity contribution in [2.75, 3.05) is 19.8 Å². The first-order valence-electron chi connectivity index (χ1n) is 11.3. The molecule has 3 saturated heterocycles. The zero-order chi connectivity index (χ0) is 26.0. The molecule has 1 unspecified atom stereocenters. The molecule has 3 fully saturated rings. The normalized spacial score (nSPS) is 48.6. The highest BCUT2D eigenvalue weighted by Crippen LogP contribution is 2.28. The standard InChI is InChI=1S/C20H35NO14/c1-6-12(24)17(29)18(19(30)33-6)31-4-9-14(26)15(27)10(34-9)5-32-20-11(21-7(2)23)16(28)13(25)8(3-22)35-20/h6,8-20,22,24-30H,3-5H2,1-2H3,(H,21,23)/t6-,8+,9+,10+,11-,12-,13+,14-,15+,16+,17+,18+,19?,20+/m0/s1. The summed E-state index contributed by atoms with van der Waals surface area (Å²) >= 11 is 0. The van der Waals surface area contributed by atoms with E-state index in [4.69, 9.17) is 23.7 Å². The van der Waals surface area contributed by atoms with Gasteiger partial charge in [0, 0.05) is 6.92 Å². The van der Waals surface area contributed by atoms with Gasteiger partial charge in [-0.2, -0.15) is 0 Å². The van der Waals surface area contributed by atoms with Crippen molar-refractivity contribution in [3.05, 3.63) is 0 Å². The molecule has 0 aliphatic carbocycles. The van der Waals surface area contributed by atoms with Crippen molar-refractivity contribution in [3.8, 4) is 0 Å². The van der Waals surface area contributed by atoms with Gasteiger partial charge >= 0.3 is 0 Å². The number of nitrogens with one attached hydrogen (secondary N) is 1. The second-order valence-corrected chi connectivity index (χ2v) is 8.97. The van der Waals surface area contributed by atoms with Gasteiger partial charge in [-0.05, 0) is 6.92 Å². The number of rotatable bonds is 8. The molecule has 35 heavy (non-hydrogen) atoms. The highest BCUT2D eigenvalue weighted by atomic mass is 16.7. The number of aliphatic hydroxyl groups is 8. The monoisotopic (exact) mass is 513 g/mol. The van der Waals surface area contributed by atoms with E-state index in [1.54, 1.807) is 0 Å². The van der Waals surface area contributed by atoms with Crippen LogP contribution in [0.4, 0.5) is 0 Å². The number of carbonyl (C=O) groups excluding carboxylic acids is 1. The predicted molar refractivity (Wildman–Crippen MR) is 110 cm³/mol. The van der Waals surface area contributed by atoms with E-state index in [0.717, 1.165) is 0 Å². The van der Waals surface area contributed by atoms with Gasteiger partial charge in [0.25, 0.3) is 0 Å². The van der Waals surface area contributed by atoms with Crippen molar-refractivity contribution in [1.82, 2.24) is 5.32 Å². The van der Waals surface area contributed by atoms with E-state index in [0.29, 0.717) is 0 Å². The molecule has 0 bridgehead atoms. The largest absolute Gasteiger partial charge is 0.394 e. The Morgan fingerprint density at radius 3 is 1.91 bits per heavy atom. The van der Waals surface area contributed by atoms with Crippen molar-refractivity contribution in [2.45, 2.75) is 99.6 Å². The molecular weight excluding hydrogens is 478 g/mol. The number of hydrogen-bond acceptors (Lipinski definition) is 14. The summed E-state index contributed by atoms with van der Waals surface area (Å²) in [5.41, 5.74) is 0. The minimum absolute atomic E-state index is 0.384. The third-order valence-electron chi connectivity index (χ3n) is 6.39. The van der Waals surface area contributed by atoms with Gasteiger partial charge in [-0.1, -0.05) is 0 Å². The van der Waals surface area contributed by atoms with Crippen LogP contribution in [-0.2, 0) is 28.5 Å². The lowest BCUT2D eigenvalue weighted by atomic mass is 9.97. The van der Waals surface area contributed by atoms with Gasteiger partial charge in [0.15, 0.2) is 12.6 Å². The maximum absolute atomic E-state index is 11.5. The van der Waals surface area contributed by atoms with E-state index in [-0.39, 0.29) is 13.2 Å². The van der Waals surface area contributed by atoms with Gasteiger partial charge in [0.2, 0.25) is 5.91 Å². The molecule has 14 atom stereocenters. The first kappa shape index (κ1) is 28.5. The zero-order valence-corrected chi connectivity index (χ0v) is 19.2. The Balaban J connectivity index is 1.57. The zero-order valence-electron chi connectivity index (χ0n) is 19.2. The van der Waals surface area contributed by atoms with Crippen molar-refractivity contribution in [2.24, 2.45) is 0 Å². The van der Waals surface area contributed by atoms with E-state index < -0.39 is 98.3 Å². The van der Waals surface area contributed by atoms with Crippen LogP contribution in [0.1, 0.15) is 13.8 Å². The van der Waals surface area contributed by atoms with Crippen LogP contribution in [0.15, 0.2) is 0 Å². The Hall–Kier alpha value is -1.05. The van der Waals surface area contributed by atoms with E-state index in [1.165, 1.54) is 13.8 Å². The molecule has 3 heterocycles. The number of amides is 1. The molecule has 9 N–H and O–H groups in total. The summed E-state index contributed by atoms with van der Waals surface area (Å²) in [6, 6.07) is -1.20. The van der Waals surface area contributed by atoms with Crippen LogP contribution in [0, 0.1) is 0 Å². The van der Waals surface area contributed by atoms with Crippen molar-refractivity contribution >= 4 is 5.91 Å². The topological polar surface area (TPSA) is 237 Å². The number of hydrogen-bond donors (Lipinski definition) is 9. The summed E-state index contributed by atoms with van der Waals surface area (Å²) in [7, 11) is 0. The Kier molecular flexibility index (Phi) is 9.78. The third kappa shape index (κ3) is 6.27. The summed E-state index contributed by atoms with van der Waals surface area (Å²) in [4.78, 5) is 11.5. The van der Waals surface area contributed by atoms with Crippen molar-refractivity contribution < 1.29 is 69.3 Å². The van der Waals surface area contributed by atoms with Crippen LogP contribution in [0.5, 0.6) is 0 Å². The lowest BCUT2D eigenvalue weighted by Gasteiger charge is -2.42. The van der Waals surface area contributed by atoms with Gasteiger partial charge in [-0.15, -0.1) is 0 Å². The van der Waals surface area contributed by atoms with Crippen LogP contribution < -0.4 is 5.32 Å². The molecule has 0 saturated carbocycles. The van der Waals surface area contributed by atoms with Crippen molar-refractivity contribution in [1.29, 1.82) is 0 Å². The van der Waals surface area contributed by atoms with Crippen LogP contribution in [0.3, 0.4) is 0 Å². The summed E-state index contributed by atoms with van der Waals surface area (Å²) in [6.07, 6.45) is -17.1. The first-order chi connectivity index (χ1) is 16.5. The van der Waals surface area contributed by atoms with Crippen LogP contribution >= 0.6 is 0 Å². The molecule has 0 radical (unpaired) electrons. The smallest absolute Gasteiger partial charge is 0.217 e. The van der Waals surface area contributed by atoms with E-state index in [1.807, 2.05) is 0 Å². The predicted octanol–water partition coefficient (Wildman–Crippen LogP) is -5.72. The second kappa shape index (κ2) is 12.0. The molecule has 3 aliphatic heterocycles. The molecule has 0 aromatic carbocycles. The first-order valence-corrected chi connectivity index (χ1v) is 11.3. The third-order valence-corrected chi connectivity index (χ3v) is 6.39. The molecule has 3 rings (SSSR count). The lowest BCUT2D eigenvalue weighted by Crippen LogP contribution is -2.64.